The van der Waals surface area contributed by atoms with E-state index < -0.39 is 0 Å². The topological polar surface area (TPSA) is 46.3 Å². The Bertz CT molecular complexity index is 513. The Balaban J connectivity index is 1.68. The lowest BCUT2D eigenvalue weighted by Crippen LogP contribution is -2.42. The van der Waals surface area contributed by atoms with Crippen molar-refractivity contribution in [3.8, 4) is 0 Å². The molecule has 1 aromatic rings. The number of nitrogens with two attached hydrogens (primary N) is 1. The number of piperidine rings is 1. The fraction of sp³-hybridized carbons (Fsp3) is 0.562. The standard InChI is InChI=1S/C16H21ClN2O/c17-13-11-12(3-4-14(13)18)15(20)19-9-7-16(8-10-19)5-1-2-6-16/h3-4,11H,1-2,5-10,18H2. The number of anilines is 1. The van der Waals surface area contributed by atoms with E-state index in [-0.39, 0.29) is 5.91 Å². The first-order chi connectivity index (χ1) is 9.60. The van der Waals surface area contributed by atoms with Crippen LogP contribution in [-0.4, -0.2) is 23.9 Å². The quantitative estimate of drug-likeness (QED) is 0.802. The van der Waals surface area contributed by atoms with Gasteiger partial charge in [-0.05, 0) is 49.3 Å². The van der Waals surface area contributed by atoms with Crippen molar-refractivity contribution in [2.75, 3.05) is 18.8 Å². The number of carbonyl (C=O) groups excluding carboxylic acids is 1. The van der Waals surface area contributed by atoms with Gasteiger partial charge in [-0.15, -0.1) is 0 Å². The minimum absolute atomic E-state index is 0.0831. The Morgan fingerprint density at radius 3 is 2.40 bits per heavy atom. The summed E-state index contributed by atoms with van der Waals surface area (Å²) in [7, 11) is 0. The highest BCUT2D eigenvalue weighted by atomic mass is 35.5. The molecule has 3 rings (SSSR count). The fourth-order valence-electron chi connectivity index (χ4n) is 3.65. The summed E-state index contributed by atoms with van der Waals surface area (Å²) < 4.78 is 0. The van der Waals surface area contributed by atoms with Gasteiger partial charge in [-0.1, -0.05) is 24.4 Å². The molecule has 1 spiro atoms. The second-order valence-corrected chi connectivity index (χ2v) is 6.64. The molecule has 3 nitrogen and oxygen atoms in total. The third-order valence-corrected chi connectivity index (χ3v) is 5.35. The summed E-state index contributed by atoms with van der Waals surface area (Å²) in [5.74, 6) is 0.0831. The van der Waals surface area contributed by atoms with Gasteiger partial charge in [0.05, 0.1) is 10.7 Å². The molecule has 1 saturated carbocycles. The predicted octanol–water partition coefficient (Wildman–Crippen LogP) is 3.72. The molecule has 1 heterocycles. The van der Waals surface area contributed by atoms with Crippen molar-refractivity contribution in [1.29, 1.82) is 0 Å². The van der Waals surface area contributed by atoms with Crippen LogP contribution in [0.2, 0.25) is 5.02 Å². The van der Waals surface area contributed by atoms with E-state index in [1.165, 1.54) is 25.7 Å². The van der Waals surface area contributed by atoms with E-state index in [1.54, 1.807) is 18.2 Å². The lowest BCUT2D eigenvalue weighted by Gasteiger charge is -2.39. The van der Waals surface area contributed by atoms with Crippen LogP contribution in [0, 0.1) is 5.41 Å². The zero-order valence-corrected chi connectivity index (χ0v) is 12.5. The monoisotopic (exact) mass is 292 g/mol. The highest BCUT2D eigenvalue weighted by Gasteiger charge is 2.38. The van der Waals surface area contributed by atoms with Crippen LogP contribution < -0.4 is 5.73 Å². The molecule has 4 heteroatoms. The third-order valence-electron chi connectivity index (χ3n) is 5.02. The smallest absolute Gasteiger partial charge is 0.253 e. The van der Waals surface area contributed by atoms with Crippen LogP contribution in [0.5, 0.6) is 0 Å². The molecule has 1 aromatic carbocycles. The van der Waals surface area contributed by atoms with Gasteiger partial charge in [0.1, 0.15) is 0 Å². The van der Waals surface area contributed by atoms with Crippen molar-refractivity contribution in [3.05, 3.63) is 28.8 Å². The number of amides is 1. The van der Waals surface area contributed by atoms with Gasteiger partial charge in [0.25, 0.3) is 5.91 Å². The van der Waals surface area contributed by atoms with E-state index in [0.29, 0.717) is 21.7 Å². The van der Waals surface area contributed by atoms with Gasteiger partial charge in [0.2, 0.25) is 0 Å². The van der Waals surface area contributed by atoms with Gasteiger partial charge in [-0.3, -0.25) is 4.79 Å². The Morgan fingerprint density at radius 2 is 1.80 bits per heavy atom. The lowest BCUT2D eigenvalue weighted by atomic mass is 9.77. The largest absolute Gasteiger partial charge is 0.398 e. The van der Waals surface area contributed by atoms with Gasteiger partial charge in [0, 0.05) is 18.7 Å². The summed E-state index contributed by atoms with van der Waals surface area (Å²) in [5.41, 5.74) is 7.39. The number of rotatable bonds is 1. The number of nitrogen functional groups attached to an aromatic ring is 1. The van der Waals surface area contributed by atoms with Crippen molar-refractivity contribution in [3.63, 3.8) is 0 Å². The van der Waals surface area contributed by atoms with Crippen LogP contribution in [0.1, 0.15) is 48.9 Å². The molecule has 1 amide bonds. The summed E-state index contributed by atoms with van der Waals surface area (Å²) in [6.07, 6.45) is 7.73. The van der Waals surface area contributed by atoms with Crippen molar-refractivity contribution in [1.82, 2.24) is 4.90 Å². The Hall–Kier alpha value is -1.22. The average Bonchev–Trinajstić information content (AvgIpc) is 2.90. The molecule has 0 radical (unpaired) electrons. The highest BCUT2D eigenvalue weighted by molar-refractivity contribution is 6.33. The number of carbonyl (C=O) groups is 1. The number of hydrogen-bond acceptors (Lipinski definition) is 2. The second-order valence-electron chi connectivity index (χ2n) is 6.24. The maximum Gasteiger partial charge on any atom is 0.253 e. The van der Waals surface area contributed by atoms with E-state index >= 15 is 0 Å². The van der Waals surface area contributed by atoms with E-state index in [4.69, 9.17) is 17.3 Å². The van der Waals surface area contributed by atoms with Gasteiger partial charge >= 0.3 is 0 Å². The summed E-state index contributed by atoms with van der Waals surface area (Å²) >= 11 is 6.00. The Kier molecular flexibility index (Phi) is 3.63. The molecule has 108 valence electrons. The van der Waals surface area contributed by atoms with Crippen molar-refractivity contribution in [2.24, 2.45) is 5.41 Å². The molecule has 0 unspecified atom stereocenters. The third kappa shape index (κ3) is 2.51. The summed E-state index contributed by atoms with van der Waals surface area (Å²) in [4.78, 5) is 14.5. The molecule has 0 bridgehead atoms. The van der Waals surface area contributed by atoms with Gasteiger partial charge in [-0.2, -0.15) is 0 Å². The van der Waals surface area contributed by atoms with E-state index in [2.05, 4.69) is 0 Å². The molecule has 20 heavy (non-hydrogen) atoms. The van der Waals surface area contributed by atoms with E-state index in [9.17, 15) is 4.79 Å². The number of likely N-dealkylation sites (tertiary alicyclic amines) is 1. The van der Waals surface area contributed by atoms with Crippen molar-refractivity contribution < 1.29 is 4.79 Å². The average molecular weight is 293 g/mol. The van der Waals surface area contributed by atoms with E-state index in [0.717, 1.165) is 25.9 Å². The number of hydrogen-bond donors (Lipinski definition) is 1. The van der Waals surface area contributed by atoms with Crippen LogP contribution in [0.3, 0.4) is 0 Å². The highest BCUT2D eigenvalue weighted by Crippen LogP contribution is 2.46. The van der Waals surface area contributed by atoms with Crippen LogP contribution in [0.4, 0.5) is 5.69 Å². The van der Waals surface area contributed by atoms with Crippen LogP contribution in [0.15, 0.2) is 18.2 Å². The lowest BCUT2D eigenvalue weighted by molar-refractivity contribution is 0.0587. The van der Waals surface area contributed by atoms with Gasteiger partial charge < -0.3 is 10.6 Å². The molecule has 2 N–H and O–H groups in total. The van der Waals surface area contributed by atoms with E-state index in [1.807, 2.05) is 4.90 Å². The molecule has 2 aliphatic rings. The fourth-order valence-corrected chi connectivity index (χ4v) is 3.83. The van der Waals surface area contributed by atoms with Crippen molar-refractivity contribution >= 4 is 23.2 Å². The van der Waals surface area contributed by atoms with Crippen LogP contribution in [0.25, 0.3) is 0 Å². The maximum absolute atomic E-state index is 12.5. The minimum Gasteiger partial charge on any atom is -0.398 e. The second kappa shape index (κ2) is 5.28. The summed E-state index contributed by atoms with van der Waals surface area (Å²) in [6, 6.07) is 5.15. The normalized spacial score (nSPS) is 21.4. The van der Waals surface area contributed by atoms with Crippen LogP contribution in [-0.2, 0) is 0 Å². The molecule has 1 aliphatic heterocycles. The Labute approximate surface area is 125 Å². The molecule has 1 saturated heterocycles. The molecule has 0 atom stereocenters. The summed E-state index contributed by atoms with van der Waals surface area (Å²) in [5, 5.41) is 0.458. The molecular formula is C16H21ClN2O. The number of benzene rings is 1. The SMILES string of the molecule is Nc1ccc(C(=O)N2CCC3(CCCC3)CC2)cc1Cl. The van der Waals surface area contributed by atoms with Gasteiger partial charge in [0.15, 0.2) is 0 Å². The van der Waals surface area contributed by atoms with Crippen molar-refractivity contribution in [2.45, 2.75) is 38.5 Å². The molecule has 1 aliphatic carbocycles. The number of nitrogens with zero attached hydrogens (tertiary/aromatic N) is 1. The zero-order valence-electron chi connectivity index (χ0n) is 11.7. The Morgan fingerprint density at radius 1 is 1.15 bits per heavy atom. The maximum atomic E-state index is 12.5. The minimum atomic E-state index is 0.0831. The number of halogens is 1. The first-order valence-corrected chi connectivity index (χ1v) is 7.82. The first kappa shape index (κ1) is 13.7. The molecule has 0 aromatic heterocycles. The molecule has 2 fully saturated rings. The van der Waals surface area contributed by atoms with Gasteiger partial charge in [-0.25, -0.2) is 0 Å². The summed E-state index contributed by atoms with van der Waals surface area (Å²) in [6.45, 7) is 1.75. The zero-order chi connectivity index (χ0) is 14.2. The van der Waals surface area contributed by atoms with Crippen LogP contribution >= 0.6 is 11.6 Å². The first-order valence-electron chi connectivity index (χ1n) is 7.44. The molecular weight excluding hydrogens is 272 g/mol. The predicted molar refractivity (Wildman–Crippen MR) is 81.9 cm³/mol.